The van der Waals surface area contributed by atoms with Crippen LogP contribution in [0.3, 0.4) is 0 Å². The molecule has 19 heavy (non-hydrogen) atoms. The van der Waals surface area contributed by atoms with Crippen molar-refractivity contribution in [2.45, 2.75) is 26.9 Å². The van der Waals surface area contributed by atoms with Gasteiger partial charge in [0.05, 0.1) is 12.0 Å². The maximum atomic E-state index is 4.36. The van der Waals surface area contributed by atoms with Gasteiger partial charge in [0.2, 0.25) is 0 Å². The largest absolute Gasteiger partial charge is 0.336 e. The lowest BCUT2D eigenvalue weighted by atomic mass is 10.2. The molecule has 3 heteroatoms. The zero-order chi connectivity index (χ0) is 13.5. The zero-order valence-corrected chi connectivity index (χ0v) is 11.7. The van der Waals surface area contributed by atoms with Gasteiger partial charge < -0.3 is 9.47 Å². The van der Waals surface area contributed by atoms with Gasteiger partial charge in [0, 0.05) is 31.3 Å². The van der Waals surface area contributed by atoms with Gasteiger partial charge in [0.15, 0.2) is 0 Å². The van der Waals surface area contributed by atoms with Crippen LogP contribution in [0, 0.1) is 0 Å². The van der Waals surface area contributed by atoms with Crippen molar-refractivity contribution in [2.75, 3.05) is 6.54 Å². The molecule has 0 bridgehead atoms. The van der Waals surface area contributed by atoms with E-state index < -0.39 is 0 Å². The Bertz CT molecular complexity index is 525. The van der Waals surface area contributed by atoms with Crippen molar-refractivity contribution in [3.63, 3.8) is 0 Å². The molecule has 100 valence electrons. The number of nitrogens with zero attached hydrogens (tertiary/aromatic N) is 3. The lowest BCUT2D eigenvalue weighted by molar-refractivity contribution is 0.398. The first kappa shape index (κ1) is 13.4. The first-order valence-electron chi connectivity index (χ1n) is 6.80. The van der Waals surface area contributed by atoms with E-state index in [1.54, 1.807) is 0 Å². The molecule has 1 aliphatic heterocycles. The maximum absolute atomic E-state index is 4.36. The molecule has 2 heterocycles. The number of pyridine rings is 1. The highest BCUT2D eigenvalue weighted by Gasteiger charge is 2.00. The van der Waals surface area contributed by atoms with Crippen molar-refractivity contribution in [2.24, 2.45) is 4.99 Å². The Kier molecular flexibility index (Phi) is 4.78. The minimum absolute atomic E-state index is 0.818. The summed E-state index contributed by atoms with van der Waals surface area (Å²) in [6.45, 7) is 5.85. The van der Waals surface area contributed by atoms with Gasteiger partial charge in [0.1, 0.15) is 0 Å². The van der Waals surface area contributed by atoms with Crippen LogP contribution in [0.2, 0.25) is 0 Å². The van der Waals surface area contributed by atoms with Gasteiger partial charge in [-0.1, -0.05) is 13.0 Å². The van der Waals surface area contributed by atoms with Crippen LogP contribution in [0.15, 0.2) is 65.7 Å². The van der Waals surface area contributed by atoms with E-state index in [0.29, 0.717) is 0 Å². The minimum Gasteiger partial charge on any atom is -0.336 e. The minimum atomic E-state index is 0.818. The van der Waals surface area contributed by atoms with E-state index in [0.717, 1.165) is 25.0 Å². The predicted octanol–water partition coefficient (Wildman–Crippen LogP) is 3.05. The quantitative estimate of drug-likeness (QED) is 0.810. The second-order valence-corrected chi connectivity index (χ2v) is 4.44. The molecule has 0 aliphatic carbocycles. The molecule has 0 amide bonds. The molecule has 0 fully saturated rings. The zero-order valence-electron chi connectivity index (χ0n) is 11.7. The fraction of sp³-hybridized carbons (Fsp3) is 0.312. The number of aromatic nitrogens is 1. The van der Waals surface area contributed by atoms with Crippen LogP contribution in [0.5, 0.6) is 0 Å². The van der Waals surface area contributed by atoms with E-state index >= 15 is 0 Å². The van der Waals surface area contributed by atoms with Gasteiger partial charge in [0.25, 0.3) is 0 Å². The molecular weight excluding hydrogens is 234 g/mol. The third kappa shape index (κ3) is 3.98. The Labute approximate surface area is 114 Å². The summed E-state index contributed by atoms with van der Waals surface area (Å²) >= 11 is 0. The smallest absolute Gasteiger partial charge is 0.0976 e. The molecule has 0 atom stereocenters. The fourth-order valence-electron chi connectivity index (χ4n) is 1.96. The summed E-state index contributed by atoms with van der Waals surface area (Å²) < 4.78 is 2.14. The van der Waals surface area contributed by atoms with Crippen LogP contribution in [0.4, 0.5) is 0 Å². The highest BCUT2D eigenvalue weighted by molar-refractivity contribution is 5.33. The standard InChI is InChI=1S/C16H21N3/c1-3-5-15-6-10-18(11-7-15)14-19-12-8-16(9-13-19)17-4-2/h5-13H,3-4,14H2,1-2H3. The third-order valence-electron chi connectivity index (χ3n) is 2.90. The van der Waals surface area contributed by atoms with E-state index in [4.69, 9.17) is 0 Å². The third-order valence-corrected chi connectivity index (χ3v) is 2.90. The molecule has 0 spiro atoms. The first-order chi connectivity index (χ1) is 9.31. The predicted molar refractivity (Wildman–Crippen MR) is 79.0 cm³/mol. The fourth-order valence-corrected chi connectivity index (χ4v) is 1.96. The summed E-state index contributed by atoms with van der Waals surface area (Å²) in [5, 5.41) is 1.04. The number of hydrogen-bond donors (Lipinski definition) is 0. The van der Waals surface area contributed by atoms with Crippen molar-refractivity contribution in [1.82, 2.24) is 9.47 Å². The molecule has 1 aliphatic rings. The van der Waals surface area contributed by atoms with Crippen molar-refractivity contribution in [3.8, 4) is 0 Å². The Morgan fingerprint density at radius 3 is 2.37 bits per heavy atom. The summed E-state index contributed by atoms with van der Waals surface area (Å²) in [6.07, 6.45) is 15.9. The van der Waals surface area contributed by atoms with Crippen molar-refractivity contribution >= 4 is 0 Å². The average Bonchev–Trinajstić information content (AvgIpc) is 2.44. The van der Waals surface area contributed by atoms with Crippen molar-refractivity contribution in [3.05, 3.63) is 66.1 Å². The van der Waals surface area contributed by atoms with Gasteiger partial charge >= 0.3 is 0 Å². The van der Waals surface area contributed by atoms with E-state index in [2.05, 4.69) is 64.4 Å². The number of hydrogen-bond acceptors (Lipinski definition) is 2. The van der Waals surface area contributed by atoms with E-state index in [9.17, 15) is 0 Å². The molecule has 2 rings (SSSR count). The monoisotopic (exact) mass is 255 g/mol. The Hall–Kier alpha value is -2.03. The Balaban J connectivity index is 2.00. The van der Waals surface area contributed by atoms with Crippen molar-refractivity contribution < 1.29 is 0 Å². The number of rotatable bonds is 4. The van der Waals surface area contributed by atoms with Crippen LogP contribution in [-0.4, -0.2) is 16.0 Å². The van der Waals surface area contributed by atoms with Crippen LogP contribution < -0.4 is 5.36 Å². The highest BCUT2D eigenvalue weighted by Crippen LogP contribution is 2.10. The molecule has 3 nitrogen and oxygen atoms in total. The number of allylic oxidation sites excluding steroid dienone is 4. The molecular formula is C16H21N3. The van der Waals surface area contributed by atoms with Crippen LogP contribution in [0.25, 0.3) is 0 Å². The first-order valence-corrected chi connectivity index (χ1v) is 6.80. The normalized spacial score (nSPS) is 13.8. The Morgan fingerprint density at radius 1 is 1.11 bits per heavy atom. The van der Waals surface area contributed by atoms with Gasteiger partial charge in [-0.3, -0.25) is 4.99 Å². The van der Waals surface area contributed by atoms with Gasteiger partial charge in [-0.2, -0.15) is 0 Å². The molecule has 0 saturated heterocycles. The average molecular weight is 255 g/mol. The molecule has 0 unspecified atom stereocenters. The Morgan fingerprint density at radius 2 is 1.79 bits per heavy atom. The maximum Gasteiger partial charge on any atom is 0.0976 e. The van der Waals surface area contributed by atoms with Crippen molar-refractivity contribution in [1.29, 1.82) is 0 Å². The lowest BCUT2D eigenvalue weighted by Gasteiger charge is -2.20. The molecule has 0 aromatic carbocycles. The molecule has 0 N–H and O–H groups in total. The summed E-state index contributed by atoms with van der Waals surface area (Å²) in [4.78, 5) is 6.52. The molecule has 0 radical (unpaired) electrons. The molecule has 0 saturated carbocycles. The second-order valence-electron chi connectivity index (χ2n) is 4.44. The summed E-state index contributed by atoms with van der Waals surface area (Å²) in [6, 6.07) is 4.09. The van der Waals surface area contributed by atoms with Crippen LogP contribution in [0.1, 0.15) is 20.3 Å². The molecule has 1 aromatic heterocycles. The van der Waals surface area contributed by atoms with Gasteiger partial charge in [-0.05, 0) is 43.2 Å². The SMILES string of the molecule is CCC=C1C=CN(Cn2ccc(=NCC)cc2)C=C1. The highest BCUT2D eigenvalue weighted by atomic mass is 15.2. The van der Waals surface area contributed by atoms with E-state index in [1.807, 2.05) is 19.1 Å². The molecule has 1 aromatic rings. The van der Waals surface area contributed by atoms with E-state index in [1.165, 1.54) is 5.57 Å². The van der Waals surface area contributed by atoms with Gasteiger partial charge in [-0.25, -0.2) is 0 Å². The lowest BCUT2D eigenvalue weighted by Crippen LogP contribution is -2.17. The van der Waals surface area contributed by atoms with E-state index in [-0.39, 0.29) is 0 Å². The topological polar surface area (TPSA) is 20.5 Å². The second kappa shape index (κ2) is 6.78. The van der Waals surface area contributed by atoms with Crippen LogP contribution in [-0.2, 0) is 6.67 Å². The van der Waals surface area contributed by atoms with Gasteiger partial charge in [-0.15, -0.1) is 0 Å². The summed E-state index contributed by atoms with van der Waals surface area (Å²) in [7, 11) is 0. The van der Waals surface area contributed by atoms with Crippen LogP contribution >= 0.6 is 0 Å². The summed E-state index contributed by atoms with van der Waals surface area (Å²) in [5.74, 6) is 0. The summed E-state index contributed by atoms with van der Waals surface area (Å²) in [5.41, 5.74) is 1.28.